The van der Waals surface area contributed by atoms with Gasteiger partial charge in [-0.3, -0.25) is 9.78 Å². The molecule has 3 aromatic rings. The summed E-state index contributed by atoms with van der Waals surface area (Å²) in [5.41, 5.74) is 1.10. The molecule has 1 aromatic carbocycles. The fraction of sp³-hybridized carbons (Fsp3) is 0.278. The molecule has 0 radical (unpaired) electrons. The molecule has 1 saturated heterocycles. The molecule has 0 unspecified atom stereocenters. The van der Waals surface area contributed by atoms with Gasteiger partial charge in [-0.1, -0.05) is 6.07 Å². The van der Waals surface area contributed by atoms with E-state index < -0.39 is 0 Å². The molecule has 4 rings (SSSR count). The lowest BCUT2D eigenvalue weighted by Gasteiger charge is -2.23. The van der Waals surface area contributed by atoms with Gasteiger partial charge in [0.15, 0.2) is 5.82 Å². The Bertz CT molecular complexity index is 902. The van der Waals surface area contributed by atoms with E-state index in [4.69, 9.17) is 4.74 Å². The van der Waals surface area contributed by atoms with Gasteiger partial charge in [0.05, 0.1) is 10.9 Å². The molecule has 1 aliphatic heterocycles. The van der Waals surface area contributed by atoms with Crippen LogP contribution in [0.4, 0.5) is 0 Å². The highest BCUT2D eigenvalue weighted by atomic mass is 16.5. The van der Waals surface area contributed by atoms with Crippen LogP contribution in [0.25, 0.3) is 22.4 Å². The van der Waals surface area contributed by atoms with E-state index in [-0.39, 0.29) is 11.7 Å². The highest BCUT2D eigenvalue weighted by Gasteiger charge is 2.15. The maximum Gasteiger partial charge on any atom is 0.259 e. The Hall–Kier alpha value is -2.73. The molecule has 122 valence electrons. The number of rotatable bonds is 3. The molecular formula is C18H18N4O2. The second-order valence-corrected chi connectivity index (χ2v) is 5.88. The molecule has 0 spiro atoms. The number of piperidine rings is 1. The van der Waals surface area contributed by atoms with Crippen molar-refractivity contribution < 1.29 is 4.74 Å². The first-order chi connectivity index (χ1) is 11.8. The molecule has 0 amide bonds. The maximum atomic E-state index is 12.4. The van der Waals surface area contributed by atoms with Crippen LogP contribution in [0, 0.1) is 0 Å². The predicted octanol–water partition coefficient (Wildman–Crippen LogP) is 2.12. The fourth-order valence-electron chi connectivity index (χ4n) is 2.92. The Labute approximate surface area is 138 Å². The summed E-state index contributed by atoms with van der Waals surface area (Å²) in [4.78, 5) is 24.0. The van der Waals surface area contributed by atoms with E-state index in [9.17, 15) is 4.79 Å². The van der Waals surface area contributed by atoms with Crippen molar-refractivity contribution in [3.63, 3.8) is 0 Å². The van der Waals surface area contributed by atoms with Crippen LogP contribution in [0.15, 0.2) is 47.4 Å². The lowest BCUT2D eigenvalue weighted by Crippen LogP contribution is -2.34. The van der Waals surface area contributed by atoms with Crippen LogP contribution in [0.2, 0.25) is 0 Å². The first kappa shape index (κ1) is 14.8. The molecule has 0 saturated carbocycles. The lowest BCUT2D eigenvalue weighted by molar-refractivity contribution is 0.162. The average molecular weight is 322 g/mol. The quantitative estimate of drug-likeness (QED) is 0.772. The van der Waals surface area contributed by atoms with Gasteiger partial charge in [-0.2, -0.15) is 0 Å². The van der Waals surface area contributed by atoms with Gasteiger partial charge >= 0.3 is 0 Å². The number of aromatic amines is 1. The fourth-order valence-corrected chi connectivity index (χ4v) is 2.92. The summed E-state index contributed by atoms with van der Waals surface area (Å²) < 4.78 is 6.00. The standard InChI is InChI=1S/C18H18N4O2/c23-18-14-11-13(24-12-6-9-19-10-7-12)4-5-15(14)21-17(22-18)16-3-1-2-8-20-16/h1-5,8,11-12,19H,6-7,9-10H2,(H,21,22,23). The van der Waals surface area contributed by atoms with Gasteiger partial charge in [0, 0.05) is 6.20 Å². The highest BCUT2D eigenvalue weighted by Crippen LogP contribution is 2.21. The summed E-state index contributed by atoms with van der Waals surface area (Å²) in [6, 6.07) is 11.0. The number of pyridine rings is 1. The Kier molecular flexibility index (Phi) is 3.96. The normalized spacial score (nSPS) is 15.5. The topological polar surface area (TPSA) is 79.9 Å². The van der Waals surface area contributed by atoms with E-state index in [0.29, 0.717) is 28.2 Å². The molecular weight excluding hydrogens is 304 g/mol. The molecule has 0 atom stereocenters. The summed E-state index contributed by atoms with van der Waals surface area (Å²) in [5.74, 6) is 1.19. The second kappa shape index (κ2) is 6.41. The summed E-state index contributed by atoms with van der Waals surface area (Å²) in [6.07, 6.45) is 3.83. The monoisotopic (exact) mass is 322 g/mol. The van der Waals surface area contributed by atoms with Gasteiger partial charge in [0.1, 0.15) is 17.5 Å². The minimum Gasteiger partial charge on any atom is -0.490 e. The van der Waals surface area contributed by atoms with Crippen molar-refractivity contribution in [1.82, 2.24) is 20.3 Å². The van der Waals surface area contributed by atoms with Gasteiger partial charge in [-0.25, -0.2) is 4.98 Å². The molecule has 24 heavy (non-hydrogen) atoms. The van der Waals surface area contributed by atoms with Crippen LogP contribution >= 0.6 is 0 Å². The maximum absolute atomic E-state index is 12.4. The molecule has 0 bridgehead atoms. The van der Waals surface area contributed by atoms with Crippen LogP contribution in [-0.4, -0.2) is 34.1 Å². The molecule has 2 aromatic heterocycles. The van der Waals surface area contributed by atoms with E-state index in [1.165, 1.54) is 0 Å². The number of fused-ring (bicyclic) bond motifs is 1. The molecule has 6 nitrogen and oxygen atoms in total. The van der Waals surface area contributed by atoms with Crippen molar-refractivity contribution in [1.29, 1.82) is 0 Å². The van der Waals surface area contributed by atoms with Crippen molar-refractivity contribution >= 4 is 10.9 Å². The number of ether oxygens (including phenoxy) is 1. The molecule has 1 fully saturated rings. The van der Waals surface area contributed by atoms with E-state index in [0.717, 1.165) is 25.9 Å². The van der Waals surface area contributed by atoms with Crippen molar-refractivity contribution in [2.45, 2.75) is 18.9 Å². The SMILES string of the molecule is O=c1[nH]c(-c2ccccn2)nc2ccc(OC3CCNCC3)cc12. The summed E-state index contributed by atoms with van der Waals surface area (Å²) in [5, 5.41) is 3.84. The Balaban J connectivity index is 1.68. The Morgan fingerprint density at radius 3 is 2.79 bits per heavy atom. The number of aromatic nitrogens is 3. The third-order valence-corrected chi connectivity index (χ3v) is 4.17. The number of benzene rings is 1. The van der Waals surface area contributed by atoms with Crippen LogP contribution in [0.1, 0.15) is 12.8 Å². The number of H-pyrrole nitrogens is 1. The van der Waals surface area contributed by atoms with Gasteiger partial charge < -0.3 is 15.0 Å². The van der Waals surface area contributed by atoms with Crippen LogP contribution in [-0.2, 0) is 0 Å². The van der Waals surface area contributed by atoms with Crippen LogP contribution in [0.5, 0.6) is 5.75 Å². The zero-order valence-electron chi connectivity index (χ0n) is 13.2. The van der Waals surface area contributed by atoms with Crippen LogP contribution < -0.4 is 15.6 Å². The molecule has 0 aliphatic carbocycles. The van der Waals surface area contributed by atoms with Gasteiger partial charge in [0.25, 0.3) is 5.56 Å². The minimum atomic E-state index is -0.184. The zero-order chi connectivity index (χ0) is 16.4. The van der Waals surface area contributed by atoms with Crippen molar-refractivity contribution in [3.05, 3.63) is 52.9 Å². The van der Waals surface area contributed by atoms with Gasteiger partial charge in [0.2, 0.25) is 0 Å². The van der Waals surface area contributed by atoms with Crippen molar-refractivity contribution in [3.8, 4) is 17.3 Å². The van der Waals surface area contributed by atoms with Gasteiger partial charge in [-0.15, -0.1) is 0 Å². The number of hydrogen-bond donors (Lipinski definition) is 2. The molecule has 2 N–H and O–H groups in total. The van der Waals surface area contributed by atoms with E-state index in [1.54, 1.807) is 12.3 Å². The largest absolute Gasteiger partial charge is 0.490 e. The third-order valence-electron chi connectivity index (χ3n) is 4.17. The average Bonchev–Trinajstić information content (AvgIpc) is 2.64. The van der Waals surface area contributed by atoms with Gasteiger partial charge in [-0.05, 0) is 56.3 Å². The smallest absolute Gasteiger partial charge is 0.259 e. The first-order valence-electron chi connectivity index (χ1n) is 8.12. The van der Waals surface area contributed by atoms with E-state index >= 15 is 0 Å². The molecule has 3 heterocycles. The van der Waals surface area contributed by atoms with Crippen molar-refractivity contribution in [2.24, 2.45) is 0 Å². The summed E-state index contributed by atoms with van der Waals surface area (Å²) in [7, 11) is 0. The lowest BCUT2D eigenvalue weighted by atomic mass is 10.1. The zero-order valence-corrected chi connectivity index (χ0v) is 13.2. The number of nitrogens with zero attached hydrogens (tertiary/aromatic N) is 2. The summed E-state index contributed by atoms with van der Waals surface area (Å²) in [6.45, 7) is 1.93. The highest BCUT2D eigenvalue weighted by molar-refractivity contribution is 5.80. The first-order valence-corrected chi connectivity index (χ1v) is 8.12. The number of hydrogen-bond acceptors (Lipinski definition) is 5. The number of nitrogens with one attached hydrogen (secondary N) is 2. The Morgan fingerprint density at radius 2 is 2.00 bits per heavy atom. The summed E-state index contributed by atoms with van der Waals surface area (Å²) >= 11 is 0. The molecule has 6 heteroatoms. The van der Waals surface area contributed by atoms with E-state index in [2.05, 4.69) is 20.3 Å². The molecule has 1 aliphatic rings. The Morgan fingerprint density at radius 1 is 1.12 bits per heavy atom. The van der Waals surface area contributed by atoms with E-state index in [1.807, 2.05) is 30.3 Å². The second-order valence-electron chi connectivity index (χ2n) is 5.88. The van der Waals surface area contributed by atoms with Crippen LogP contribution in [0.3, 0.4) is 0 Å². The van der Waals surface area contributed by atoms with Crippen molar-refractivity contribution in [2.75, 3.05) is 13.1 Å². The third kappa shape index (κ3) is 3.00. The minimum absolute atomic E-state index is 0.184. The predicted molar refractivity (Wildman–Crippen MR) is 92.1 cm³/mol.